The van der Waals surface area contributed by atoms with Crippen LogP contribution in [0.5, 0.6) is 5.75 Å². The zero-order valence-corrected chi connectivity index (χ0v) is 15.7. The Labute approximate surface area is 159 Å². The topological polar surface area (TPSA) is 72.0 Å². The van der Waals surface area contributed by atoms with E-state index in [1.165, 1.54) is 5.56 Å². The molecule has 1 aliphatic heterocycles. The minimum Gasteiger partial charge on any atom is -0.488 e. The Balaban J connectivity index is 1.45. The third-order valence-electron chi connectivity index (χ3n) is 4.36. The van der Waals surface area contributed by atoms with Gasteiger partial charge in [0.25, 0.3) is 0 Å². The van der Waals surface area contributed by atoms with E-state index in [0.717, 1.165) is 17.7 Å². The summed E-state index contributed by atoms with van der Waals surface area (Å²) in [5, 5.41) is 6.57. The van der Waals surface area contributed by atoms with Gasteiger partial charge in [0, 0.05) is 20.0 Å². The third kappa shape index (κ3) is 5.00. The number of nitrogens with zero attached hydrogens (tertiary/aromatic N) is 1. The zero-order chi connectivity index (χ0) is 19.1. The van der Waals surface area contributed by atoms with Gasteiger partial charge in [0.2, 0.25) is 0 Å². The standard InChI is InChI=1S/C21H25N3O3/c1-3-26-20(25)16-10-8-15(9-11-16)13-23-21(22-2)24-14-18-12-17-6-4-5-7-19(17)27-18/h4-11,18H,3,12-14H2,1-2H3,(H2,22,23,24). The van der Waals surface area contributed by atoms with Crippen molar-refractivity contribution in [3.05, 3.63) is 65.2 Å². The molecule has 0 aromatic heterocycles. The highest BCUT2D eigenvalue weighted by atomic mass is 16.5. The molecule has 3 rings (SSSR count). The Bertz CT molecular complexity index is 778. The van der Waals surface area contributed by atoms with E-state index in [-0.39, 0.29) is 12.1 Å². The van der Waals surface area contributed by atoms with Gasteiger partial charge in [-0.15, -0.1) is 0 Å². The maximum absolute atomic E-state index is 11.7. The molecule has 0 radical (unpaired) electrons. The molecule has 0 fully saturated rings. The minimum absolute atomic E-state index is 0.102. The van der Waals surface area contributed by atoms with Gasteiger partial charge >= 0.3 is 5.97 Å². The fourth-order valence-electron chi connectivity index (χ4n) is 2.96. The lowest BCUT2D eigenvalue weighted by Gasteiger charge is -2.15. The number of esters is 1. The van der Waals surface area contributed by atoms with Crippen LogP contribution in [0, 0.1) is 0 Å². The molecule has 1 atom stereocenters. The second-order valence-corrected chi connectivity index (χ2v) is 6.28. The van der Waals surface area contributed by atoms with Crippen molar-refractivity contribution >= 4 is 11.9 Å². The van der Waals surface area contributed by atoms with Crippen LogP contribution in [0.2, 0.25) is 0 Å². The van der Waals surface area contributed by atoms with E-state index < -0.39 is 0 Å². The van der Waals surface area contributed by atoms with Crippen molar-refractivity contribution in [1.29, 1.82) is 0 Å². The number of ether oxygens (including phenoxy) is 2. The first-order valence-corrected chi connectivity index (χ1v) is 9.14. The van der Waals surface area contributed by atoms with Crippen LogP contribution in [0.15, 0.2) is 53.5 Å². The molecule has 0 saturated carbocycles. The van der Waals surface area contributed by atoms with E-state index in [1.807, 2.05) is 30.3 Å². The van der Waals surface area contributed by atoms with Gasteiger partial charge in [0.15, 0.2) is 5.96 Å². The number of carbonyl (C=O) groups is 1. The first kappa shape index (κ1) is 18.8. The maximum atomic E-state index is 11.7. The van der Waals surface area contributed by atoms with Crippen LogP contribution in [0.1, 0.15) is 28.4 Å². The Kier molecular flexibility index (Phi) is 6.30. The van der Waals surface area contributed by atoms with E-state index in [9.17, 15) is 4.79 Å². The van der Waals surface area contributed by atoms with Crippen molar-refractivity contribution in [2.24, 2.45) is 4.99 Å². The molecule has 6 heteroatoms. The second-order valence-electron chi connectivity index (χ2n) is 6.28. The van der Waals surface area contributed by atoms with Crippen LogP contribution in [-0.2, 0) is 17.7 Å². The van der Waals surface area contributed by atoms with Gasteiger partial charge in [-0.2, -0.15) is 0 Å². The summed E-state index contributed by atoms with van der Waals surface area (Å²) >= 11 is 0. The molecule has 2 aromatic rings. The number of guanidine groups is 1. The van der Waals surface area contributed by atoms with E-state index in [0.29, 0.717) is 31.2 Å². The minimum atomic E-state index is -0.299. The Morgan fingerprint density at radius 2 is 1.96 bits per heavy atom. The van der Waals surface area contributed by atoms with Gasteiger partial charge in [-0.1, -0.05) is 30.3 Å². The highest BCUT2D eigenvalue weighted by Crippen LogP contribution is 2.27. The van der Waals surface area contributed by atoms with E-state index in [2.05, 4.69) is 21.7 Å². The number of para-hydroxylation sites is 1. The van der Waals surface area contributed by atoms with Crippen molar-refractivity contribution in [1.82, 2.24) is 10.6 Å². The fraction of sp³-hybridized carbons (Fsp3) is 0.333. The molecule has 0 bridgehead atoms. The summed E-state index contributed by atoms with van der Waals surface area (Å²) in [6.07, 6.45) is 1.000. The predicted octanol–water partition coefficient (Wildman–Crippen LogP) is 2.53. The highest BCUT2D eigenvalue weighted by molar-refractivity contribution is 5.89. The Hall–Kier alpha value is -3.02. The summed E-state index contributed by atoms with van der Waals surface area (Å²) in [4.78, 5) is 15.9. The molecule has 0 amide bonds. The number of rotatable bonds is 6. The van der Waals surface area contributed by atoms with Crippen molar-refractivity contribution in [2.45, 2.75) is 26.0 Å². The molecule has 0 aliphatic carbocycles. The molecule has 2 aromatic carbocycles. The molecule has 1 heterocycles. The lowest BCUT2D eigenvalue weighted by Crippen LogP contribution is -2.41. The molecule has 27 heavy (non-hydrogen) atoms. The van der Waals surface area contributed by atoms with E-state index in [4.69, 9.17) is 9.47 Å². The van der Waals surface area contributed by atoms with Crippen molar-refractivity contribution in [3.63, 3.8) is 0 Å². The van der Waals surface area contributed by atoms with Crippen LogP contribution in [0.3, 0.4) is 0 Å². The summed E-state index contributed by atoms with van der Waals surface area (Å²) in [6.45, 7) is 3.45. The fourth-order valence-corrected chi connectivity index (χ4v) is 2.96. The van der Waals surface area contributed by atoms with Crippen molar-refractivity contribution in [2.75, 3.05) is 20.2 Å². The van der Waals surface area contributed by atoms with E-state index >= 15 is 0 Å². The molecule has 2 N–H and O–H groups in total. The number of benzene rings is 2. The second kappa shape index (κ2) is 9.07. The molecule has 142 valence electrons. The number of carbonyl (C=O) groups excluding carboxylic acids is 1. The number of nitrogens with one attached hydrogen (secondary N) is 2. The van der Waals surface area contributed by atoms with Crippen LogP contribution in [0.4, 0.5) is 0 Å². The Morgan fingerprint density at radius 3 is 2.67 bits per heavy atom. The summed E-state index contributed by atoms with van der Waals surface area (Å²) < 4.78 is 10.9. The summed E-state index contributed by atoms with van der Waals surface area (Å²) in [5.74, 6) is 1.38. The van der Waals surface area contributed by atoms with Crippen molar-refractivity contribution in [3.8, 4) is 5.75 Å². The summed E-state index contributed by atoms with van der Waals surface area (Å²) in [6, 6.07) is 15.5. The number of hydrogen-bond acceptors (Lipinski definition) is 4. The lowest BCUT2D eigenvalue weighted by atomic mass is 10.1. The average molecular weight is 367 g/mol. The molecular weight excluding hydrogens is 342 g/mol. The molecule has 1 unspecified atom stereocenters. The van der Waals surface area contributed by atoms with Gasteiger partial charge in [-0.3, -0.25) is 4.99 Å². The van der Waals surface area contributed by atoms with Crippen LogP contribution >= 0.6 is 0 Å². The van der Waals surface area contributed by atoms with Gasteiger partial charge in [-0.25, -0.2) is 4.79 Å². The maximum Gasteiger partial charge on any atom is 0.338 e. The van der Waals surface area contributed by atoms with Gasteiger partial charge in [0.05, 0.1) is 18.7 Å². The molecule has 0 saturated heterocycles. The van der Waals surface area contributed by atoms with E-state index in [1.54, 1.807) is 26.1 Å². The predicted molar refractivity (Wildman–Crippen MR) is 105 cm³/mol. The lowest BCUT2D eigenvalue weighted by molar-refractivity contribution is 0.0526. The summed E-state index contributed by atoms with van der Waals surface area (Å²) in [5.41, 5.74) is 2.85. The van der Waals surface area contributed by atoms with Crippen LogP contribution in [0.25, 0.3) is 0 Å². The number of hydrogen-bond donors (Lipinski definition) is 2. The molecular formula is C21H25N3O3. The van der Waals surface area contributed by atoms with Gasteiger partial charge in [-0.05, 0) is 36.2 Å². The first-order chi connectivity index (χ1) is 13.2. The smallest absolute Gasteiger partial charge is 0.338 e. The molecule has 1 aliphatic rings. The Morgan fingerprint density at radius 1 is 1.19 bits per heavy atom. The average Bonchev–Trinajstić information content (AvgIpc) is 3.11. The monoisotopic (exact) mass is 367 g/mol. The number of aliphatic imine (C=N–C) groups is 1. The van der Waals surface area contributed by atoms with Crippen LogP contribution in [-0.4, -0.2) is 38.2 Å². The van der Waals surface area contributed by atoms with Crippen molar-refractivity contribution < 1.29 is 14.3 Å². The largest absolute Gasteiger partial charge is 0.488 e. The van der Waals surface area contributed by atoms with Gasteiger partial charge in [0.1, 0.15) is 11.9 Å². The highest BCUT2D eigenvalue weighted by Gasteiger charge is 2.22. The SMILES string of the molecule is CCOC(=O)c1ccc(CNC(=NC)NCC2Cc3ccccc3O2)cc1. The zero-order valence-electron chi connectivity index (χ0n) is 15.7. The quantitative estimate of drug-likeness (QED) is 0.466. The molecule has 0 spiro atoms. The number of fused-ring (bicyclic) bond motifs is 1. The summed E-state index contributed by atoms with van der Waals surface area (Å²) in [7, 11) is 1.74. The third-order valence-corrected chi connectivity index (χ3v) is 4.36. The molecule has 6 nitrogen and oxygen atoms in total. The van der Waals surface area contributed by atoms with Gasteiger partial charge < -0.3 is 20.1 Å². The first-order valence-electron chi connectivity index (χ1n) is 9.14. The van der Waals surface area contributed by atoms with Crippen LogP contribution < -0.4 is 15.4 Å². The normalized spacial score (nSPS) is 15.6.